The predicted molar refractivity (Wildman–Crippen MR) is 117 cm³/mol. The van der Waals surface area contributed by atoms with Gasteiger partial charge in [0.2, 0.25) is 0 Å². The summed E-state index contributed by atoms with van der Waals surface area (Å²) in [6.45, 7) is 1.86. The van der Waals surface area contributed by atoms with Gasteiger partial charge < -0.3 is 4.74 Å². The van der Waals surface area contributed by atoms with Crippen molar-refractivity contribution in [2.24, 2.45) is 5.10 Å². The van der Waals surface area contributed by atoms with Gasteiger partial charge in [-0.25, -0.2) is 10.2 Å². The van der Waals surface area contributed by atoms with E-state index >= 15 is 0 Å². The molecule has 0 aliphatic heterocycles. The molecule has 0 aliphatic rings. The minimum Gasteiger partial charge on any atom is -0.423 e. The third kappa shape index (κ3) is 5.04. The van der Waals surface area contributed by atoms with Crippen molar-refractivity contribution in [1.29, 1.82) is 0 Å². The lowest BCUT2D eigenvalue weighted by molar-refractivity contribution is 0.0733. The molecule has 0 aliphatic carbocycles. The molecule has 0 unspecified atom stereocenters. The number of amides is 1. The van der Waals surface area contributed by atoms with Crippen molar-refractivity contribution in [3.8, 4) is 5.75 Å². The number of carbonyl (C=O) groups is 2. The van der Waals surface area contributed by atoms with Crippen LogP contribution in [0.5, 0.6) is 5.75 Å². The number of carbonyl (C=O) groups excluding carboxylic acids is 2. The van der Waals surface area contributed by atoms with E-state index in [-0.39, 0.29) is 5.91 Å². The van der Waals surface area contributed by atoms with Crippen LogP contribution in [0.25, 0.3) is 0 Å². The van der Waals surface area contributed by atoms with Crippen LogP contribution < -0.4 is 10.2 Å². The van der Waals surface area contributed by atoms with Crippen LogP contribution in [0.3, 0.4) is 0 Å². The number of nitrogens with one attached hydrogen (secondary N) is 1. The molecule has 0 heterocycles. The minimum absolute atomic E-state index is 0.273. The Morgan fingerprint density at radius 2 is 1.57 bits per heavy atom. The van der Waals surface area contributed by atoms with Gasteiger partial charge in [0.15, 0.2) is 0 Å². The van der Waals surface area contributed by atoms with E-state index in [0.29, 0.717) is 16.9 Å². The van der Waals surface area contributed by atoms with E-state index in [0.717, 1.165) is 14.7 Å². The molecule has 0 aromatic heterocycles. The van der Waals surface area contributed by atoms with Gasteiger partial charge in [-0.1, -0.05) is 30.3 Å². The number of halogens is 1. The van der Waals surface area contributed by atoms with Crippen LogP contribution >= 0.6 is 22.6 Å². The summed E-state index contributed by atoms with van der Waals surface area (Å²) in [6.07, 6.45) is 1.53. The number of esters is 1. The molecular weight excluding hydrogens is 467 g/mol. The van der Waals surface area contributed by atoms with Crippen LogP contribution in [0.2, 0.25) is 0 Å². The molecule has 0 fully saturated rings. The highest BCUT2D eigenvalue weighted by Gasteiger charge is 2.11. The maximum absolute atomic E-state index is 12.2. The molecule has 5 nitrogen and oxygen atoms in total. The number of hydrogen-bond donors (Lipinski definition) is 1. The van der Waals surface area contributed by atoms with E-state index in [1.54, 1.807) is 48.5 Å². The van der Waals surface area contributed by atoms with Gasteiger partial charge in [-0.2, -0.15) is 5.10 Å². The zero-order chi connectivity index (χ0) is 19.9. The first kappa shape index (κ1) is 19.8. The first-order valence-electron chi connectivity index (χ1n) is 8.50. The lowest BCUT2D eigenvalue weighted by Gasteiger charge is -2.06. The Balaban J connectivity index is 1.59. The SMILES string of the molecule is Cc1ccccc1C(=O)Oc1ccc(/C=N\NC(=O)c2ccccc2I)cc1. The van der Waals surface area contributed by atoms with Crippen molar-refractivity contribution < 1.29 is 14.3 Å². The second kappa shape index (κ2) is 9.27. The highest BCUT2D eigenvalue weighted by atomic mass is 127. The molecule has 3 aromatic carbocycles. The predicted octanol–water partition coefficient (Wildman–Crippen LogP) is 4.58. The number of ether oxygens (including phenoxy) is 1. The van der Waals surface area contributed by atoms with E-state index in [9.17, 15) is 9.59 Å². The van der Waals surface area contributed by atoms with Crippen molar-refractivity contribution in [3.05, 3.63) is 98.6 Å². The Kier molecular flexibility index (Phi) is 6.54. The molecule has 6 heteroatoms. The van der Waals surface area contributed by atoms with Crippen molar-refractivity contribution >= 4 is 40.7 Å². The fraction of sp³-hybridized carbons (Fsp3) is 0.0455. The Bertz CT molecular complexity index is 1030. The van der Waals surface area contributed by atoms with E-state index in [1.165, 1.54) is 6.21 Å². The highest BCUT2D eigenvalue weighted by molar-refractivity contribution is 14.1. The van der Waals surface area contributed by atoms with Crippen LogP contribution in [0, 0.1) is 10.5 Å². The van der Waals surface area contributed by atoms with Gasteiger partial charge in [-0.3, -0.25) is 4.79 Å². The van der Waals surface area contributed by atoms with Gasteiger partial charge in [0, 0.05) is 3.57 Å². The first-order chi connectivity index (χ1) is 13.5. The van der Waals surface area contributed by atoms with Crippen LogP contribution in [0.4, 0.5) is 0 Å². The molecule has 3 aromatic rings. The van der Waals surface area contributed by atoms with E-state index in [4.69, 9.17) is 4.74 Å². The summed E-state index contributed by atoms with van der Waals surface area (Å²) in [7, 11) is 0. The largest absolute Gasteiger partial charge is 0.423 e. The summed E-state index contributed by atoms with van der Waals surface area (Å²) in [5.74, 6) is -0.234. The Hall–Kier alpha value is -3.00. The Labute approximate surface area is 176 Å². The molecule has 3 rings (SSSR count). The topological polar surface area (TPSA) is 67.8 Å². The summed E-state index contributed by atoms with van der Waals surface area (Å²) in [5.41, 5.74) is 5.23. The van der Waals surface area contributed by atoms with Crippen molar-refractivity contribution in [2.75, 3.05) is 0 Å². The summed E-state index contributed by atoms with van der Waals surface area (Å²) in [5, 5.41) is 3.97. The van der Waals surface area contributed by atoms with Gasteiger partial charge in [0.05, 0.1) is 17.3 Å². The smallest absolute Gasteiger partial charge is 0.343 e. The minimum atomic E-state index is -0.399. The van der Waals surface area contributed by atoms with Crippen molar-refractivity contribution in [3.63, 3.8) is 0 Å². The zero-order valence-corrected chi connectivity index (χ0v) is 17.2. The number of hydrogen-bond acceptors (Lipinski definition) is 4. The first-order valence-corrected chi connectivity index (χ1v) is 9.58. The number of benzene rings is 3. The molecule has 0 atom stereocenters. The van der Waals surface area contributed by atoms with Gasteiger partial charge in [0.25, 0.3) is 5.91 Å². The summed E-state index contributed by atoms with van der Waals surface area (Å²) < 4.78 is 6.25. The molecule has 140 valence electrons. The number of hydrazone groups is 1. The second-order valence-corrected chi connectivity index (χ2v) is 7.11. The quantitative estimate of drug-likeness (QED) is 0.190. The molecule has 0 saturated carbocycles. The second-order valence-electron chi connectivity index (χ2n) is 5.95. The normalized spacial score (nSPS) is 10.6. The average molecular weight is 484 g/mol. The summed E-state index contributed by atoms with van der Waals surface area (Å²) in [4.78, 5) is 24.3. The fourth-order valence-electron chi connectivity index (χ4n) is 2.46. The highest BCUT2D eigenvalue weighted by Crippen LogP contribution is 2.15. The van der Waals surface area contributed by atoms with Crippen LogP contribution in [0.15, 0.2) is 77.9 Å². The summed E-state index contributed by atoms with van der Waals surface area (Å²) in [6, 6.07) is 21.4. The number of aryl methyl sites for hydroxylation is 1. The Morgan fingerprint density at radius 3 is 2.25 bits per heavy atom. The summed E-state index contributed by atoms with van der Waals surface area (Å²) >= 11 is 2.10. The van der Waals surface area contributed by atoms with Gasteiger partial charge in [-0.05, 0) is 83.1 Å². The van der Waals surface area contributed by atoms with Crippen molar-refractivity contribution in [1.82, 2.24) is 5.43 Å². The maximum Gasteiger partial charge on any atom is 0.343 e. The molecule has 0 bridgehead atoms. The van der Waals surface area contributed by atoms with E-state index < -0.39 is 5.97 Å². The molecule has 0 spiro atoms. The molecule has 0 radical (unpaired) electrons. The van der Waals surface area contributed by atoms with E-state index in [1.807, 2.05) is 31.2 Å². The fourth-order valence-corrected chi connectivity index (χ4v) is 3.09. The van der Waals surface area contributed by atoms with Crippen LogP contribution in [0.1, 0.15) is 31.8 Å². The third-order valence-electron chi connectivity index (χ3n) is 3.95. The van der Waals surface area contributed by atoms with Crippen LogP contribution in [-0.4, -0.2) is 18.1 Å². The monoisotopic (exact) mass is 484 g/mol. The standard InChI is InChI=1S/C22H17IN2O3/c1-15-6-2-3-7-18(15)22(27)28-17-12-10-16(11-13-17)14-24-25-21(26)19-8-4-5-9-20(19)23/h2-14H,1H3,(H,25,26)/b24-14-. The maximum atomic E-state index is 12.2. The Morgan fingerprint density at radius 1 is 0.929 bits per heavy atom. The van der Waals surface area contributed by atoms with Gasteiger partial charge in [0.1, 0.15) is 5.75 Å². The lowest BCUT2D eigenvalue weighted by Crippen LogP contribution is -2.18. The third-order valence-corrected chi connectivity index (χ3v) is 4.89. The van der Waals surface area contributed by atoms with Gasteiger partial charge in [-0.15, -0.1) is 0 Å². The lowest BCUT2D eigenvalue weighted by atomic mass is 10.1. The molecule has 28 heavy (non-hydrogen) atoms. The van der Waals surface area contributed by atoms with Gasteiger partial charge >= 0.3 is 5.97 Å². The molecular formula is C22H17IN2O3. The number of rotatable bonds is 5. The van der Waals surface area contributed by atoms with E-state index in [2.05, 4.69) is 33.1 Å². The molecule has 0 saturated heterocycles. The number of nitrogens with zero attached hydrogens (tertiary/aromatic N) is 1. The van der Waals surface area contributed by atoms with Crippen LogP contribution in [-0.2, 0) is 0 Å². The van der Waals surface area contributed by atoms with Crippen molar-refractivity contribution in [2.45, 2.75) is 6.92 Å². The average Bonchev–Trinajstić information content (AvgIpc) is 2.70. The molecule has 1 N–H and O–H groups in total. The molecule has 1 amide bonds. The zero-order valence-electron chi connectivity index (χ0n) is 15.1.